The molecule has 8 rings (SSSR count). The van der Waals surface area contributed by atoms with Crippen molar-refractivity contribution in [2.75, 3.05) is 0 Å². The second-order valence-electron chi connectivity index (χ2n) is 18.7. The van der Waals surface area contributed by atoms with Gasteiger partial charge in [0, 0.05) is 45.6 Å². The van der Waals surface area contributed by atoms with Crippen molar-refractivity contribution in [3.05, 3.63) is 162 Å². The molecule has 0 unspecified atom stereocenters. The van der Waals surface area contributed by atoms with Crippen LogP contribution in [0.25, 0.3) is 43.6 Å². The Bertz CT molecular complexity index is 2450. The Morgan fingerprint density at radius 1 is 0.357 bits per heavy atom. The van der Waals surface area contributed by atoms with Crippen molar-refractivity contribution in [2.45, 2.75) is 190 Å². The summed E-state index contributed by atoms with van der Waals surface area (Å²) in [4.78, 5) is 21.6. The fraction of sp³-hybridized carbons (Fsp3) is 0.438. The minimum absolute atomic E-state index is 0. The number of hydrogen-bond donors (Lipinski definition) is 0. The Balaban J connectivity index is -0.000000388. The number of rotatable bonds is 0. The van der Waals surface area contributed by atoms with Crippen LogP contribution in [0.2, 0.25) is 0 Å². The van der Waals surface area contributed by atoms with E-state index < -0.39 is 0 Å². The Hall–Kier alpha value is -6.06. The van der Waals surface area contributed by atoms with Crippen LogP contribution in [0.5, 0.6) is 0 Å². The van der Waals surface area contributed by atoms with E-state index in [9.17, 15) is 0 Å². The van der Waals surface area contributed by atoms with Gasteiger partial charge in [-0.15, -0.1) is 0 Å². The number of hydrogen-bond acceptors (Lipinski definition) is 6. The van der Waals surface area contributed by atoms with Gasteiger partial charge < -0.3 is 0 Å². The van der Waals surface area contributed by atoms with Crippen molar-refractivity contribution in [3.8, 4) is 6.07 Å². The number of nitrogens with zero attached hydrogens (tertiary/aromatic N) is 6. The summed E-state index contributed by atoms with van der Waals surface area (Å²) in [7, 11) is 0. The number of nitriles is 1. The average molecular weight is 952 g/mol. The van der Waals surface area contributed by atoms with Crippen LogP contribution in [0.1, 0.15) is 196 Å². The molecule has 0 saturated heterocycles. The fourth-order valence-corrected chi connectivity index (χ4v) is 7.14. The first-order valence-electron chi connectivity index (χ1n) is 24.0. The summed E-state index contributed by atoms with van der Waals surface area (Å²) in [6.45, 7) is 42.3. The average Bonchev–Trinajstić information content (AvgIpc) is 3.32. The summed E-state index contributed by atoms with van der Waals surface area (Å²) >= 11 is 0. The summed E-state index contributed by atoms with van der Waals surface area (Å²) in [5, 5.41) is 13.9. The quantitative estimate of drug-likeness (QED) is 0.150. The number of benzene rings is 4. The standard InChI is InChI=1S/C14H14N2.2C13H15N.C12H14N2.4C2H6.4CH4/c1-14(2,3)13-10(8-15)9-16-12-7-5-4-6-11(12)13;2*1-13(2,3)11-8-9-14-12-7-5-4-6-10(11)12;1-12(2,3)11-9-6-4-5-7-10(9)13-8-14-11;4*1-2;;;;/h4-7,9H,1-3H3;2*4-9H,1-3H3;4-8H,1-3H3;4*1-2H3;4*1H4. The summed E-state index contributed by atoms with van der Waals surface area (Å²) in [5.41, 5.74) is 10.1. The van der Waals surface area contributed by atoms with Crippen molar-refractivity contribution in [3.63, 3.8) is 0 Å². The van der Waals surface area contributed by atoms with Crippen molar-refractivity contribution in [1.29, 1.82) is 5.26 Å². The van der Waals surface area contributed by atoms with Gasteiger partial charge in [-0.25, -0.2) is 9.97 Å². The Morgan fingerprint density at radius 3 is 1.03 bits per heavy atom. The van der Waals surface area contributed by atoms with Crippen molar-refractivity contribution < 1.29 is 0 Å². The van der Waals surface area contributed by atoms with E-state index in [1.165, 1.54) is 21.9 Å². The van der Waals surface area contributed by atoms with Gasteiger partial charge in [-0.05, 0) is 69.3 Å². The molecule has 4 aromatic heterocycles. The zero-order valence-corrected chi connectivity index (χ0v) is 44.4. The largest absolute Gasteiger partial charge is 0.256 e. The predicted molar refractivity (Wildman–Crippen MR) is 317 cm³/mol. The highest BCUT2D eigenvalue weighted by atomic mass is 14.8. The highest BCUT2D eigenvalue weighted by Gasteiger charge is 2.22. The van der Waals surface area contributed by atoms with Crippen molar-refractivity contribution >= 4 is 43.6 Å². The molecule has 8 aromatic rings. The topological polar surface area (TPSA) is 88.2 Å². The fourth-order valence-electron chi connectivity index (χ4n) is 7.14. The molecular formula is C64H98N6. The van der Waals surface area contributed by atoms with Crippen LogP contribution >= 0.6 is 0 Å². The monoisotopic (exact) mass is 951 g/mol. The third-order valence-electron chi connectivity index (χ3n) is 9.81. The molecule has 0 fully saturated rings. The molecule has 0 atom stereocenters. The lowest BCUT2D eigenvalue weighted by molar-refractivity contribution is 0.574. The van der Waals surface area contributed by atoms with Gasteiger partial charge in [-0.3, -0.25) is 15.0 Å². The van der Waals surface area contributed by atoms with E-state index in [-0.39, 0.29) is 51.4 Å². The molecule has 0 saturated carbocycles. The van der Waals surface area contributed by atoms with Gasteiger partial charge in [0.1, 0.15) is 12.4 Å². The zero-order valence-electron chi connectivity index (χ0n) is 44.4. The highest BCUT2D eigenvalue weighted by molar-refractivity contribution is 5.86. The molecule has 0 aliphatic rings. The van der Waals surface area contributed by atoms with E-state index in [0.717, 1.165) is 44.1 Å². The molecule has 0 bridgehead atoms. The maximum Gasteiger partial charge on any atom is 0.116 e. The Labute approximate surface area is 429 Å². The second-order valence-corrected chi connectivity index (χ2v) is 18.7. The minimum atomic E-state index is -0.0480. The normalized spacial score (nSPS) is 10.1. The second kappa shape index (κ2) is 33.5. The molecular weight excluding hydrogens is 853 g/mol. The van der Waals surface area contributed by atoms with E-state index in [0.29, 0.717) is 5.56 Å². The number of pyridine rings is 3. The first-order chi connectivity index (χ1) is 31.3. The van der Waals surface area contributed by atoms with Crippen molar-refractivity contribution in [1.82, 2.24) is 24.9 Å². The van der Waals surface area contributed by atoms with Gasteiger partial charge in [-0.1, -0.05) is 241 Å². The van der Waals surface area contributed by atoms with Crippen LogP contribution in [0.15, 0.2) is 134 Å². The van der Waals surface area contributed by atoms with Crippen molar-refractivity contribution in [2.24, 2.45) is 0 Å². The summed E-state index contributed by atoms with van der Waals surface area (Å²) in [6, 6.07) is 39.2. The van der Waals surface area contributed by atoms with E-state index >= 15 is 0 Å². The van der Waals surface area contributed by atoms with Gasteiger partial charge >= 0.3 is 0 Å². The molecule has 0 aliphatic carbocycles. The van der Waals surface area contributed by atoms with Gasteiger partial charge in [-0.2, -0.15) is 5.26 Å². The Morgan fingerprint density at radius 2 is 0.686 bits per heavy atom. The van der Waals surface area contributed by atoms with Gasteiger partial charge in [0.05, 0.1) is 33.3 Å². The summed E-state index contributed by atoms with van der Waals surface area (Å²) in [6.07, 6.45) is 7.09. The van der Waals surface area contributed by atoms with Gasteiger partial charge in [0.2, 0.25) is 0 Å². The lowest BCUT2D eigenvalue weighted by Crippen LogP contribution is -2.14. The maximum absolute atomic E-state index is 9.15. The van der Waals surface area contributed by atoms with Crippen LogP contribution in [-0.2, 0) is 21.7 Å². The van der Waals surface area contributed by atoms with Gasteiger partial charge in [0.15, 0.2) is 0 Å². The molecule has 0 spiro atoms. The molecule has 4 heterocycles. The molecule has 0 N–H and O–H groups in total. The highest BCUT2D eigenvalue weighted by Crippen LogP contribution is 2.32. The van der Waals surface area contributed by atoms with Crippen LogP contribution in [0.4, 0.5) is 0 Å². The molecule has 0 radical (unpaired) electrons. The molecule has 384 valence electrons. The van der Waals surface area contributed by atoms with Crippen LogP contribution in [0, 0.1) is 11.3 Å². The molecule has 6 nitrogen and oxygen atoms in total. The third-order valence-corrected chi connectivity index (χ3v) is 9.81. The molecule has 4 aromatic carbocycles. The smallest absolute Gasteiger partial charge is 0.116 e. The van der Waals surface area contributed by atoms with Gasteiger partial charge in [0.25, 0.3) is 0 Å². The van der Waals surface area contributed by atoms with E-state index in [4.69, 9.17) is 5.26 Å². The molecule has 70 heavy (non-hydrogen) atoms. The number of fused-ring (bicyclic) bond motifs is 4. The zero-order chi connectivity index (χ0) is 50.3. The molecule has 6 heteroatoms. The SMILES string of the molecule is C.C.C.C.CC.CC.CC.CC.CC(C)(C)c1c(C#N)cnc2ccccc12.CC(C)(C)c1ccnc2ccccc12.CC(C)(C)c1ccnc2ccccc12.CC(C)(C)c1ncnc2ccccc12. The third kappa shape index (κ3) is 20.1. The van der Waals surface area contributed by atoms with E-state index in [2.05, 4.69) is 169 Å². The van der Waals surface area contributed by atoms with E-state index in [1.807, 2.05) is 122 Å². The minimum Gasteiger partial charge on any atom is -0.256 e. The van der Waals surface area contributed by atoms with E-state index in [1.54, 1.807) is 12.5 Å². The summed E-state index contributed by atoms with van der Waals surface area (Å²) in [5.74, 6) is 0. The number of para-hydroxylation sites is 4. The predicted octanol–water partition coefficient (Wildman–Crippen LogP) is 20.0. The lowest BCUT2D eigenvalue weighted by atomic mass is 9.82. The van der Waals surface area contributed by atoms with Crippen LogP contribution in [-0.4, -0.2) is 24.9 Å². The Kier molecular flexibility index (Phi) is 33.7. The first-order valence-corrected chi connectivity index (χ1v) is 24.0. The van der Waals surface area contributed by atoms with Crippen LogP contribution in [0.3, 0.4) is 0 Å². The van der Waals surface area contributed by atoms with Crippen LogP contribution < -0.4 is 0 Å². The first kappa shape index (κ1) is 70.5. The number of aromatic nitrogens is 5. The summed E-state index contributed by atoms with van der Waals surface area (Å²) < 4.78 is 0. The molecule has 0 aliphatic heterocycles. The molecule has 0 amide bonds. The lowest BCUT2D eigenvalue weighted by Gasteiger charge is -2.22. The maximum atomic E-state index is 9.15.